The molecule has 0 amide bonds. The number of benzene rings is 2. The molecule has 0 atom stereocenters. The number of ether oxygens (including phenoxy) is 1. The molecule has 140 valence electrons. The van der Waals surface area contributed by atoms with Crippen LogP contribution in [0.25, 0.3) is 11.3 Å². The van der Waals surface area contributed by atoms with E-state index in [4.69, 9.17) is 16.3 Å². The van der Waals surface area contributed by atoms with Gasteiger partial charge in [-0.3, -0.25) is 0 Å². The maximum absolute atomic E-state index is 12.4. The fraction of sp³-hybridized carbons (Fsp3) is 0.136. The van der Waals surface area contributed by atoms with E-state index in [0.29, 0.717) is 23.1 Å². The Morgan fingerprint density at radius 2 is 1.89 bits per heavy atom. The number of rotatable bonds is 6. The number of aromatic nitrogens is 1. The highest BCUT2D eigenvalue weighted by atomic mass is 35.5. The molecule has 0 unspecified atom stereocenters. The van der Waals surface area contributed by atoms with Crippen molar-refractivity contribution in [1.29, 1.82) is 5.26 Å². The first-order valence-corrected chi connectivity index (χ1v) is 9.16. The van der Waals surface area contributed by atoms with Crippen molar-refractivity contribution in [3.8, 4) is 17.3 Å². The summed E-state index contributed by atoms with van der Waals surface area (Å²) in [6, 6.07) is 20.4. The van der Waals surface area contributed by atoms with Crippen LogP contribution in [0.15, 0.2) is 60.7 Å². The van der Waals surface area contributed by atoms with Gasteiger partial charge in [-0.15, -0.1) is 0 Å². The van der Waals surface area contributed by atoms with E-state index in [1.807, 2.05) is 42.5 Å². The van der Waals surface area contributed by atoms with E-state index in [9.17, 15) is 10.1 Å². The molecule has 2 aromatic carbocycles. The van der Waals surface area contributed by atoms with E-state index in [2.05, 4.69) is 16.4 Å². The summed E-state index contributed by atoms with van der Waals surface area (Å²) in [7, 11) is 0. The lowest BCUT2D eigenvalue weighted by molar-refractivity contribution is 0.0527. The molecule has 1 aromatic heterocycles. The molecular formula is C22H18ClN3O2. The Kier molecular flexibility index (Phi) is 6.25. The van der Waals surface area contributed by atoms with Crippen LogP contribution in [0, 0.1) is 11.3 Å². The first-order chi connectivity index (χ1) is 13.6. The number of esters is 1. The molecular weight excluding hydrogens is 374 g/mol. The van der Waals surface area contributed by atoms with E-state index < -0.39 is 5.97 Å². The Labute approximate surface area is 168 Å². The van der Waals surface area contributed by atoms with Gasteiger partial charge in [-0.25, -0.2) is 9.78 Å². The average Bonchev–Trinajstić information content (AvgIpc) is 2.73. The van der Waals surface area contributed by atoms with Crippen molar-refractivity contribution in [3.63, 3.8) is 0 Å². The Hall–Kier alpha value is -3.36. The van der Waals surface area contributed by atoms with Crippen LogP contribution in [0.4, 0.5) is 5.82 Å². The summed E-state index contributed by atoms with van der Waals surface area (Å²) in [5, 5.41) is 13.4. The number of nitriles is 1. The van der Waals surface area contributed by atoms with Crippen LogP contribution in [-0.2, 0) is 11.3 Å². The fourth-order valence-electron chi connectivity index (χ4n) is 2.70. The molecule has 0 aliphatic rings. The fourth-order valence-corrected chi connectivity index (χ4v) is 2.83. The molecule has 6 heteroatoms. The summed E-state index contributed by atoms with van der Waals surface area (Å²) in [5.41, 5.74) is 2.77. The van der Waals surface area contributed by atoms with Crippen molar-refractivity contribution < 1.29 is 9.53 Å². The van der Waals surface area contributed by atoms with Gasteiger partial charge in [-0.05, 0) is 30.7 Å². The molecule has 0 fully saturated rings. The van der Waals surface area contributed by atoms with Gasteiger partial charge in [0.05, 0.1) is 23.4 Å². The predicted molar refractivity (Wildman–Crippen MR) is 109 cm³/mol. The van der Waals surface area contributed by atoms with Crippen LogP contribution in [0.2, 0.25) is 5.02 Å². The molecule has 1 heterocycles. The lowest BCUT2D eigenvalue weighted by atomic mass is 10.0. The summed E-state index contributed by atoms with van der Waals surface area (Å²) in [6.07, 6.45) is 0. The number of nitrogens with zero attached hydrogens (tertiary/aromatic N) is 2. The van der Waals surface area contributed by atoms with E-state index >= 15 is 0 Å². The highest BCUT2D eigenvalue weighted by Crippen LogP contribution is 2.27. The van der Waals surface area contributed by atoms with Gasteiger partial charge in [0.1, 0.15) is 11.9 Å². The van der Waals surface area contributed by atoms with Crippen LogP contribution >= 0.6 is 11.6 Å². The van der Waals surface area contributed by atoms with Gasteiger partial charge in [-0.2, -0.15) is 5.26 Å². The molecule has 0 saturated heterocycles. The summed E-state index contributed by atoms with van der Waals surface area (Å²) >= 11 is 5.92. The number of hydrogen-bond donors (Lipinski definition) is 1. The van der Waals surface area contributed by atoms with Gasteiger partial charge >= 0.3 is 5.97 Å². The van der Waals surface area contributed by atoms with Gasteiger partial charge in [0.15, 0.2) is 0 Å². The van der Waals surface area contributed by atoms with E-state index in [1.165, 1.54) is 6.07 Å². The Bertz CT molecular complexity index is 1010. The third-order valence-electron chi connectivity index (χ3n) is 4.06. The number of carbonyl (C=O) groups excluding carboxylic acids is 1. The summed E-state index contributed by atoms with van der Waals surface area (Å²) < 4.78 is 5.15. The second-order valence-electron chi connectivity index (χ2n) is 5.96. The predicted octanol–water partition coefficient (Wildman–Crippen LogP) is 5.06. The number of pyridine rings is 1. The van der Waals surface area contributed by atoms with Crippen LogP contribution in [0.5, 0.6) is 0 Å². The largest absolute Gasteiger partial charge is 0.462 e. The SMILES string of the molecule is CCOC(=O)c1cc(C#N)c(NCc2ccc(Cl)cc2)nc1-c1ccccc1. The number of carbonyl (C=O) groups is 1. The zero-order valence-electron chi connectivity index (χ0n) is 15.3. The van der Waals surface area contributed by atoms with Crippen molar-refractivity contribution in [2.75, 3.05) is 11.9 Å². The van der Waals surface area contributed by atoms with Gasteiger partial charge in [-0.1, -0.05) is 54.1 Å². The summed E-state index contributed by atoms with van der Waals surface area (Å²) in [6.45, 7) is 2.44. The molecule has 3 aromatic rings. The standard InChI is InChI=1S/C22H18ClN3O2/c1-2-28-22(27)19-12-17(13-24)21(25-14-15-8-10-18(23)11-9-15)26-20(19)16-6-4-3-5-7-16/h3-12H,2,14H2,1H3,(H,25,26). The lowest BCUT2D eigenvalue weighted by Gasteiger charge is -2.13. The van der Waals surface area contributed by atoms with Crippen LogP contribution in [0.1, 0.15) is 28.4 Å². The zero-order valence-corrected chi connectivity index (χ0v) is 16.0. The van der Waals surface area contributed by atoms with Gasteiger partial charge in [0.25, 0.3) is 0 Å². The molecule has 0 spiro atoms. The number of halogens is 1. The number of anilines is 1. The molecule has 3 rings (SSSR count). The first-order valence-electron chi connectivity index (χ1n) is 8.78. The van der Waals surface area contributed by atoms with E-state index in [1.54, 1.807) is 19.1 Å². The molecule has 28 heavy (non-hydrogen) atoms. The van der Waals surface area contributed by atoms with Crippen molar-refractivity contribution in [1.82, 2.24) is 4.98 Å². The smallest absolute Gasteiger partial charge is 0.340 e. The minimum atomic E-state index is -0.505. The number of nitrogens with one attached hydrogen (secondary N) is 1. The zero-order chi connectivity index (χ0) is 19.9. The maximum atomic E-state index is 12.4. The topological polar surface area (TPSA) is 75.0 Å². The Balaban J connectivity index is 2.01. The van der Waals surface area contributed by atoms with Crippen molar-refractivity contribution in [3.05, 3.63) is 82.4 Å². The van der Waals surface area contributed by atoms with Crippen LogP contribution in [0.3, 0.4) is 0 Å². The Morgan fingerprint density at radius 3 is 2.54 bits per heavy atom. The molecule has 0 radical (unpaired) electrons. The van der Waals surface area contributed by atoms with E-state index in [0.717, 1.165) is 11.1 Å². The molecule has 1 N–H and O–H groups in total. The average molecular weight is 392 g/mol. The quantitative estimate of drug-likeness (QED) is 0.594. The lowest BCUT2D eigenvalue weighted by Crippen LogP contribution is -2.11. The first kappa shape index (κ1) is 19.4. The van der Waals surface area contributed by atoms with Crippen molar-refractivity contribution in [2.45, 2.75) is 13.5 Å². The second kappa shape index (κ2) is 9.03. The molecule has 0 aliphatic heterocycles. The summed E-state index contributed by atoms with van der Waals surface area (Å²) in [4.78, 5) is 17.0. The third kappa shape index (κ3) is 4.48. The second-order valence-corrected chi connectivity index (χ2v) is 6.40. The molecule has 0 saturated carbocycles. The van der Waals surface area contributed by atoms with Gasteiger partial charge in [0.2, 0.25) is 0 Å². The number of hydrogen-bond acceptors (Lipinski definition) is 5. The molecule has 0 bridgehead atoms. The van der Waals surface area contributed by atoms with Gasteiger partial charge in [0, 0.05) is 17.1 Å². The highest BCUT2D eigenvalue weighted by molar-refractivity contribution is 6.30. The van der Waals surface area contributed by atoms with Crippen molar-refractivity contribution >= 4 is 23.4 Å². The van der Waals surface area contributed by atoms with E-state index in [-0.39, 0.29) is 17.7 Å². The maximum Gasteiger partial charge on any atom is 0.340 e. The molecule has 5 nitrogen and oxygen atoms in total. The third-order valence-corrected chi connectivity index (χ3v) is 4.31. The van der Waals surface area contributed by atoms with Crippen molar-refractivity contribution in [2.24, 2.45) is 0 Å². The summed E-state index contributed by atoms with van der Waals surface area (Å²) in [5.74, 6) is -0.0982. The highest BCUT2D eigenvalue weighted by Gasteiger charge is 2.19. The van der Waals surface area contributed by atoms with Crippen LogP contribution < -0.4 is 5.32 Å². The monoisotopic (exact) mass is 391 g/mol. The molecule has 0 aliphatic carbocycles. The Morgan fingerprint density at radius 1 is 1.18 bits per heavy atom. The normalized spacial score (nSPS) is 10.2. The minimum Gasteiger partial charge on any atom is -0.462 e. The van der Waals surface area contributed by atoms with Crippen LogP contribution in [-0.4, -0.2) is 17.6 Å². The van der Waals surface area contributed by atoms with Gasteiger partial charge < -0.3 is 10.1 Å². The minimum absolute atomic E-state index is 0.242.